The first-order valence-electron chi connectivity index (χ1n) is 13.6. The molecule has 42 heavy (non-hydrogen) atoms. The predicted octanol–water partition coefficient (Wildman–Crippen LogP) is 3.10. The van der Waals surface area contributed by atoms with Gasteiger partial charge in [-0.1, -0.05) is 18.2 Å². The minimum atomic E-state index is -4.28. The van der Waals surface area contributed by atoms with Crippen LogP contribution in [0.2, 0.25) is 0 Å². The van der Waals surface area contributed by atoms with Crippen molar-refractivity contribution in [2.75, 3.05) is 17.7 Å². The van der Waals surface area contributed by atoms with Crippen molar-refractivity contribution in [1.82, 2.24) is 24.6 Å². The number of rotatable bonds is 12. The second-order valence-corrected chi connectivity index (χ2v) is 12.5. The monoisotopic (exact) mass is 607 g/mol. The maximum absolute atomic E-state index is 16.1. The average Bonchev–Trinajstić information content (AvgIpc) is 3.59. The Morgan fingerprint density at radius 1 is 1.29 bits per heavy atom. The summed E-state index contributed by atoms with van der Waals surface area (Å²) in [6.45, 7) is 5.41. The van der Waals surface area contributed by atoms with Gasteiger partial charge in [0.1, 0.15) is 24.0 Å². The van der Waals surface area contributed by atoms with Crippen molar-refractivity contribution < 1.29 is 37.4 Å². The van der Waals surface area contributed by atoms with E-state index in [1.807, 2.05) is 0 Å². The van der Waals surface area contributed by atoms with E-state index in [1.165, 1.54) is 24.7 Å². The fraction of sp³-hybridized carbons (Fsp3) is 0.538. The van der Waals surface area contributed by atoms with Crippen LogP contribution in [-0.4, -0.2) is 73.3 Å². The number of alkyl halides is 1. The van der Waals surface area contributed by atoms with E-state index in [9.17, 15) is 14.5 Å². The smallest absolute Gasteiger partial charge is 0.459 e. The first-order chi connectivity index (χ1) is 19.9. The van der Waals surface area contributed by atoms with Crippen LogP contribution in [0, 0.1) is 0 Å². The maximum Gasteiger partial charge on any atom is 0.459 e. The van der Waals surface area contributed by atoms with E-state index in [1.54, 1.807) is 44.2 Å². The van der Waals surface area contributed by atoms with E-state index in [2.05, 4.69) is 25.4 Å². The lowest BCUT2D eigenvalue weighted by atomic mass is 9.98. The minimum Gasteiger partial charge on any atom is -0.462 e. The first-order valence-corrected chi connectivity index (χ1v) is 15.2. The third-order valence-electron chi connectivity index (χ3n) is 6.76. The average molecular weight is 608 g/mol. The number of esters is 1. The van der Waals surface area contributed by atoms with Crippen LogP contribution in [0.15, 0.2) is 36.7 Å². The van der Waals surface area contributed by atoms with Crippen molar-refractivity contribution in [3.63, 3.8) is 0 Å². The van der Waals surface area contributed by atoms with Crippen LogP contribution in [0.1, 0.15) is 46.8 Å². The summed E-state index contributed by atoms with van der Waals surface area (Å²) in [6, 6.07) is 7.33. The number of halogens is 1. The third-order valence-corrected chi connectivity index (χ3v) is 8.41. The number of nitrogens with zero attached hydrogens (tertiary/aromatic N) is 4. The van der Waals surface area contributed by atoms with E-state index < -0.39 is 56.6 Å². The zero-order chi connectivity index (χ0) is 30.2. The summed E-state index contributed by atoms with van der Waals surface area (Å²) in [5.74, 6) is -0.103. The van der Waals surface area contributed by atoms with E-state index in [0.717, 1.165) is 12.8 Å². The molecule has 3 aromatic rings. The van der Waals surface area contributed by atoms with Gasteiger partial charge in [-0.25, -0.2) is 13.9 Å². The summed E-state index contributed by atoms with van der Waals surface area (Å²) in [5, 5.41) is 16.7. The zero-order valence-corrected chi connectivity index (χ0v) is 24.5. The quantitative estimate of drug-likeness (QED) is 0.174. The second kappa shape index (κ2) is 11.7. The van der Waals surface area contributed by atoms with Crippen molar-refractivity contribution in [2.45, 2.75) is 82.8 Å². The highest BCUT2D eigenvalue weighted by atomic mass is 31.2. The molecule has 6 atom stereocenters. The predicted molar refractivity (Wildman–Crippen MR) is 150 cm³/mol. The molecule has 0 unspecified atom stereocenters. The number of aliphatic hydroxyl groups is 1. The number of anilines is 2. The number of hydrogen-bond donors (Lipinski definition) is 4. The Kier molecular flexibility index (Phi) is 8.41. The number of ether oxygens (including phenoxy) is 2. The summed E-state index contributed by atoms with van der Waals surface area (Å²) in [4.78, 5) is 25.2. The SMILES string of the molecule is CC(C)OC(=O)[C@@H](C)N[P@](=O)(OC[C@H]1O[C@@H](n2cnc3c(NC4CC4)nc(N)nc32)[C@](C)(F)[C@@H]1O)Oc1ccccc1. The van der Waals surface area contributed by atoms with Gasteiger partial charge in [0.05, 0.1) is 19.0 Å². The minimum absolute atomic E-state index is 0.0402. The molecule has 1 aromatic carbocycles. The van der Waals surface area contributed by atoms with Gasteiger partial charge in [0.2, 0.25) is 5.95 Å². The van der Waals surface area contributed by atoms with E-state index in [0.29, 0.717) is 11.3 Å². The van der Waals surface area contributed by atoms with Gasteiger partial charge in [-0.2, -0.15) is 15.1 Å². The van der Waals surface area contributed by atoms with E-state index >= 15 is 4.39 Å². The number of aromatic nitrogens is 4. The normalized spacial score (nSPS) is 26.2. The fourth-order valence-electron chi connectivity index (χ4n) is 4.48. The molecule has 5 rings (SSSR count). The number of hydrogen-bond acceptors (Lipinski definition) is 12. The van der Waals surface area contributed by atoms with Crippen LogP contribution in [0.25, 0.3) is 11.2 Å². The van der Waals surface area contributed by atoms with Crippen LogP contribution in [-0.2, 0) is 23.4 Å². The van der Waals surface area contributed by atoms with E-state index in [-0.39, 0.29) is 23.4 Å². The molecule has 2 fully saturated rings. The molecule has 1 saturated carbocycles. The molecule has 1 aliphatic heterocycles. The number of aliphatic hydroxyl groups excluding tert-OH is 1. The van der Waals surface area contributed by atoms with Gasteiger partial charge in [0.15, 0.2) is 28.9 Å². The summed E-state index contributed by atoms with van der Waals surface area (Å²) in [7, 11) is -4.28. The molecule has 14 nitrogen and oxygen atoms in total. The topological polar surface area (TPSA) is 185 Å². The number of carbonyl (C=O) groups excluding carboxylic acids is 1. The zero-order valence-electron chi connectivity index (χ0n) is 23.6. The lowest BCUT2D eigenvalue weighted by Crippen LogP contribution is -2.41. The number of benzene rings is 1. The van der Waals surface area contributed by atoms with Gasteiger partial charge < -0.3 is 30.2 Å². The highest BCUT2D eigenvalue weighted by molar-refractivity contribution is 7.52. The molecule has 0 radical (unpaired) electrons. The van der Waals surface area contributed by atoms with Gasteiger partial charge in [-0.05, 0) is 52.7 Å². The Hall–Kier alpha value is -3.36. The molecule has 5 N–H and O–H groups in total. The Morgan fingerprint density at radius 2 is 2.00 bits per heavy atom. The number of fused-ring (bicyclic) bond motifs is 1. The van der Waals surface area contributed by atoms with Crippen LogP contribution < -0.4 is 20.7 Å². The van der Waals surface area contributed by atoms with Crippen molar-refractivity contribution in [1.29, 1.82) is 0 Å². The number of carbonyl (C=O) groups is 1. The van der Waals surface area contributed by atoms with Gasteiger partial charge >= 0.3 is 13.7 Å². The Morgan fingerprint density at radius 3 is 2.67 bits per heavy atom. The lowest BCUT2D eigenvalue weighted by molar-refractivity contribution is -0.149. The standard InChI is InChI=1S/C26H35FN7O7P/c1-14(2)39-23(36)15(3)33-42(37,41-17-8-6-5-7-9-17)38-12-18-20(35)26(4,27)24(40-18)34-13-29-19-21(30-16-10-11-16)31-25(28)32-22(19)34/h5-9,13-16,18,20,24,35H,10-12H2,1-4H3,(H,33,37)(H3,28,30,31,32)/t15-,18-,20-,24-,26-,42+/m1/s1. The fourth-order valence-corrected chi connectivity index (χ4v) is 5.99. The van der Waals surface area contributed by atoms with Crippen LogP contribution in [0.4, 0.5) is 16.2 Å². The molecule has 0 spiro atoms. The summed E-state index contributed by atoms with van der Waals surface area (Å²) in [5.41, 5.74) is 4.16. The lowest BCUT2D eigenvalue weighted by Gasteiger charge is -2.25. The molecule has 228 valence electrons. The molecule has 2 aromatic heterocycles. The Bertz CT molecular complexity index is 1470. The molecule has 0 amide bonds. The van der Waals surface area contributed by atoms with Crippen LogP contribution in [0.3, 0.4) is 0 Å². The second-order valence-electron chi connectivity index (χ2n) is 10.8. The van der Waals surface area contributed by atoms with Crippen molar-refractivity contribution >= 4 is 36.6 Å². The highest BCUT2D eigenvalue weighted by Crippen LogP contribution is 2.48. The number of para-hydroxylation sites is 1. The molecule has 0 bridgehead atoms. The molecule has 1 saturated heterocycles. The molecule has 3 heterocycles. The molecule has 16 heteroatoms. The number of nitrogens with two attached hydrogens (primary N) is 1. The summed E-state index contributed by atoms with van der Waals surface area (Å²) in [6.07, 6.45) is -1.50. The maximum atomic E-state index is 16.1. The molecular formula is C26H35FN7O7P. The number of imidazole rings is 1. The third kappa shape index (κ3) is 6.50. The summed E-state index contributed by atoms with van der Waals surface area (Å²) < 4.78 is 53.6. The molecule has 1 aliphatic carbocycles. The van der Waals surface area contributed by atoms with Gasteiger partial charge in [0, 0.05) is 6.04 Å². The van der Waals surface area contributed by atoms with Crippen LogP contribution in [0.5, 0.6) is 5.75 Å². The van der Waals surface area contributed by atoms with Crippen molar-refractivity contribution in [3.05, 3.63) is 36.7 Å². The highest BCUT2D eigenvalue weighted by Gasteiger charge is 2.56. The summed E-state index contributed by atoms with van der Waals surface area (Å²) >= 11 is 0. The molecule has 2 aliphatic rings. The largest absolute Gasteiger partial charge is 0.462 e. The van der Waals surface area contributed by atoms with Gasteiger partial charge in [0.25, 0.3) is 0 Å². The van der Waals surface area contributed by atoms with Crippen molar-refractivity contribution in [3.8, 4) is 5.75 Å². The van der Waals surface area contributed by atoms with Crippen molar-refractivity contribution in [2.24, 2.45) is 0 Å². The van der Waals surface area contributed by atoms with E-state index in [4.69, 9.17) is 24.3 Å². The first kappa shape index (κ1) is 30.1. The Labute approximate surface area is 241 Å². The van der Waals surface area contributed by atoms with Gasteiger partial charge in [-0.3, -0.25) is 13.9 Å². The number of nitrogen functional groups attached to an aromatic ring is 1. The van der Waals surface area contributed by atoms with Gasteiger partial charge in [-0.15, -0.1) is 0 Å². The molecular weight excluding hydrogens is 572 g/mol. The Balaban J connectivity index is 1.36. The van der Waals surface area contributed by atoms with Crippen LogP contribution >= 0.6 is 7.75 Å². The number of nitrogens with one attached hydrogen (secondary N) is 2.